The minimum absolute atomic E-state index is 0.165. The van der Waals surface area contributed by atoms with E-state index in [2.05, 4.69) is 9.98 Å². The summed E-state index contributed by atoms with van der Waals surface area (Å²) in [6.07, 6.45) is -0.771. The van der Waals surface area contributed by atoms with Gasteiger partial charge in [-0.3, -0.25) is 0 Å². The number of ether oxygens (including phenoxy) is 2. The van der Waals surface area contributed by atoms with Crippen molar-refractivity contribution in [3.8, 4) is 0 Å². The highest BCUT2D eigenvalue weighted by Gasteiger charge is 2.35. The lowest BCUT2D eigenvalue weighted by Crippen LogP contribution is -2.39. The highest BCUT2D eigenvalue weighted by molar-refractivity contribution is 7.10. The molecule has 2 rings (SSSR count). The van der Waals surface area contributed by atoms with Gasteiger partial charge in [0, 0.05) is 4.88 Å². The monoisotopic (exact) mass is 296 g/mol. The Morgan fingerprint density at radius 3 is 2.25 bits per heavy atom. The van der Waals surface area contributed by atoms with E-state index >= 15 is 0 Å². The third-order valence-electron chi connectivity index (χ3n) is 3.22. The second-order valence-corrected chi connectivity index (χ2v) is 5.92. The third kappa shape index (κ3) is 2.86. The van der Waals surface area contributed by atoms with Gasteiger partial charge in [-0.15, -0.1) is 11.3 Å². The van der Waals surface area contributed by atoms with Crippen LogP contribution in [0.15, 0.2) is 27.5 Å². The quantitative estimate of drug-likeness (QED) is 0.930. The Labute approximate surface area is 123 Å². The summed E-state index contributed by atoms with van der Waals surface area (Å²) >= 11 is 1.48. The van der Waals surface area contributed by atoms with Gasteiger partial charge in [0.15, 0.2) is 6.04 Å². The van der Waals surface area contributed by atoms with Crippen LogP contribution in [0, 0.1) is 5.92 Å². The van der Waals surface area contributed by atoms with Crippen molar-refractivity contribution in [3.05, 3.63) is 22.4 Å². The summed E-state index contributed by atoms with van der Waals surface area (Å²) in [4.78, 5) is 9.89. The topological polar surface area (TPSA) is 63.4 Å². The first-order chi connectivity index (χ1) is 9.58. The van der Waals surface area contributed by atoms with E-state index < -0.39 is 12.1 Å². The molecule has 20 heavy (non-hydrogen) atoms. The van der Waals surface area contributed by atoms with Crippen LogP contribution in [0.25, 0.3) is 0 Å². The van der Waals surface area contributed by atoms with Crippen LogP contribution in [0.1, 0.15) is 24.8 Å². The van der Waals surface area contributed by atoms with E-state index in [1.165, 1.54) is 11.3 Å². The summed E-state index contributed by atoms with van der Waals surface area (Å²) in [5.41, 5.74) is 0. The fraction of sp³-hybridized carbons (Fsp3) is 0.571. The maximum Gasteiger partial charge on any atom is 0.212 e. The van der Waals surface area contributed by atoms with Crippen LogP contribution in [0.3, 0.4) is 0 Å². The molecule has 1 aromatic rings. The van der Waals surface area contributed by atoms with E-state index in [0.717, 1.165) is 4.88 Å². The zero-order valence-electron chi connectivity index (χ0n) is 12.1. The molecule has 6 heteroatoms. The molecule has 0 aliphatic carbocycles. The van der Waals surface area contributed by atoms with E-state index in [0.29, 0.717) is 11.8 Å². The predicted octanol–water partition coefficient (Wildman–Crippen LogP) is 2.28. The molecule has 1 N–H and O–H groups in total. The van der Waals surface area contributed by atoms with Gasteiger partial charge in [0.1, 0.15) is 12.1 Å². The molecule has 1 aliphatic heterocycles. The number of nitrogens with zero attached hydrogens (tertiary/aromatic N) is 2. The van der Waals surface area contributed by atoms with Crippen molar-refractivity contribution >= 4 is 23.1 Å². The number of aliphatic hydroxyl groups excluding tert-OH is 1. The number of aliphatic hydroxyl groups is 1. The molecular formula is C14H20N2O3S. The van der Waals surface area contributed by atoms with E-state index in [9.17, 15) is 5.11 Å². The molecule has 0 unspecified atom stereocenters. The van der Waals surface area contributed by atoms with Gasteiger partial charge in [-0.05, 0) is 17.4 Å². The van der Waals surface area contributed by atoms with Gasteiger partial charge in [-0.1, -0.05) is 19.9 Å². The van der Waals surface area contributed by atoms with Gasteiger partial charge >= 0.3 is 0 Å². The van der Waals surface area contributed by atoms with Gasteiger partial charge in [-0.25, -0.2) is 9.98 Å². The standard InChI is InChI=1S/C14H20N2O3S/c1-8(2)10-13(18-3)16-11(14(15-10)19-4)12(17)9-6-5-7-20-9/h5-8,10-12,17H,1-4H3/t10-,11+,12-/m0/s1. The zero-order chi connectivity index (χ0) is 14.7. The normalized spacial score (nSPS) is 24.1. The Hall–Kier alpha value is -1.40. The van der Waals surface area contributed by atoms with Gasteiger partial charge < -0.3 is 14.6 Å². The molecule has 0 amide bonds. The summed E-state index contributed by atoms with van der Waals surface area (Å²) < 4.78 is 10.7. The second-order valence-electron chi connectivity index (χ2n) is 4.94. The second kappa shape index (κ2) is 6.37. The SMILES string of the molecule is COC1=N[C@H]([C@@H](O)c2cccs2)C(OC)=N[C@H]1C(C)C. The molecule has 0 fully saturated rings. The van der Waals surface area contributed by atoms with Gasteiger partial charge in [0.05, 0.1) is 14.2 Å². The molecule has 0 aromatic carbocycles. The molecule has 0 spiro atoms. The first-order valence-corrected chi connectivity index (χ1v) is 7.41. The Balaban J connectivity index is 2.32. The number of thiophene rings is 1. The van der Waals surface area contributed by atoms with Crippen LogP contribution in [-0.4, -0.2) is 43.2 Å². The molecule has 0 radical (unpaired) electrons. The van der Waals surface area contributed by atoms with Gasteiger partial charge in [-0.2, -0.15) is 0 Å². The van der Waals surface area contributed by atoms with Crippen molar-refractivity contribution < 1.29 is 14.6 Å². The van der Waals surface area contributed by atoms with E-state index in [1.807, 2.05) is 31.4 Å². The lowest BCUT2D eigenvalue weighted by atomic mass is 10.0. The lowest BCUT2D eigenvalue weighted by Gasteiger charge is -2.28. The number of methoxy groups -OCH3 is 2. The maximum absolute atomic E-state index is 10.5. The minimum Gasteiger partial charge on any atom is -0.483 e. The number of aliphatic imine (C=N–C) groups is 2. The maximum atomic E-state index is 10.5. The Bertz CT molecular complexity index is 497. The van der Waals surface area contributed by atoms with E-state index in [1.54, 1.807) is 14.2 Å². The summed E-state index contributed by atoms with van der Waals surface area (Å²) in [6.45, 7) is 4.10. The first kappa shape index (κ1) is 15.0. The average molecular weight is 296 g/mol. The molecule has 0 saturated carbocycles. The minimum atomic E-state index is -0.771. The Morgan fingerprint density at radius 2 is 1.75 bits per heavy atom. The molecule has 0 bridgehead atoms. The van der Waals surface area contributed by atoms with Crippen LogP contribution in [0.2, 0.25) is 0 Å². The molecule has 0 saturated heterocycles. The molecule has 1 aromatic heterocycles. The van der Waals surface area contributed by atoms with Crippen LogP contribution in [0.4, 0.5) is 0 Å². The molecule has 2 heterocycles. The fourth-order valence-electron chi connectivity index (χ4n) is 2.14. The predicted molar refractivity (Wildman–Crippen MR) is 80.6 cm³/mol. The molecule has 110 valence electrons. The summed E-state index contributed by atoms with van der Waals surface area (Å²) in [6, 6.07) is 3.05. The highest BCUT2D eigenvalue weighted by Crippen LogP contribution is 2.28. The largest absolute Gasteiger partial charge is 0.483 e. The van der Waals surface area contributed by atoms with Crippen molar-refractivity contribution in [3.63, 3.8) is 0 Å². The van der Waals surface area contributed by atoms with Gasteiger partial charge in [0.2, 0.25) is 11.8 Å². The Kier molecular flexibility index (Phi) is 4.77. The smallest absolute Gasteiger partial charge is 0.212 e. The molecule has 1 aliphatic rings. The van der Waals surface area contributed by atoms with E-state index in [4.69, 9.17) is 9.47 Å². The van der Waals surface area contributed by atoms with Crippen LogP contribution < -0.4 is 0 Å². The van der Waals surface area contributed by atoms with Crippen LogP contribution in [-0.2, 0) is 9.47 Å². The zero-order valence-corrected chi connectivity index (χ0v) is 12.9. The van der Waals surface area contributed by atoms with Crippen molar-refractivity contribution in [1.82, 2.24) is 0 Å². The van der Waals surface area contributed by atoms with Crippen molar-refractivity contribution in [2.45, 2.75) is 32.0 Å². The molecule has 3 atom stereocenters. The summed E-state index contributed by atoms with van der Waals surface area (Å²) in [5, 5.41) is 12.4. The van der Waals surface area contributed by atoms with Crippen LogP contribution >= 0.6 is 11.3 Å². The number of hydrogen-bond acceptors (Lipinski definition) is 6. The Morgan fingerprint density at radius 1 is 1.15 bits per heavy atom. The third-order valence-corrected chi connectivity index (χ3v) is 4.17. The number of hydrogen-bond donors (Lipinski definition) is 1. The van der Waals surface area contributed by atoms with Crippen molar-refractivity contribution in [1.29, 1.82) is 0 Å². The van der Waals surface area contributed by atoms with Gasteiger partial charge in [0.25, 0.3) is 0 Å². The fourth-order valence-corrected chi connectivity index (χ4v) is 2.88. The van der Waals surface area contributed by atoms with E-state index in [-0.39, 0.29) is 12.0 Å². The van der Waals surface area contributed by atoms with Crippen molar-refractivity contribution in [2.75, 3.05) is 14.2 Å². The lowest BCUT2D eigenvalue weighted by molar-refractivity contribution is 0.159. The summed E-state index contributed by atoms with van der Waals surface area (Å²) in [7, 11) is 3.13. The first-order valence-electron chi connectivity index (χ1n) is 6.53. The average Bonchev–Trinajstić information content (AvgIpc) is 2.99. The highest BCUT2D eigenvalue weighted by atomic mass is 32.1. The summed E-state index contributed by atoms with van der Waals surface area (Å²) in [5.74, 6) is 1.24. The van der Waals surface area contributed by atoms with Crippen LogP contribution in [0.5, 0.6) is 0 Å². The molecule has 5 nitrogen and oxygen atoms in total. The van der Waals surface area contributed by atoms with Crippen molar-refractivity contribution in [2.24, 2.45) is 15.9 Å². The number of rotatable bonds is 3. The molecular weight excluding hydrogens is 276 g/mol.